The zero-order valence-electron chi connectivity index (χ0n) is 17.6. The van der Waals surface area contributed by atoms with Gasteiger partial charge in [-0.25, -0.2) is 14.1 Å². The van der Waals surface area contributed by atoms with Gasteiger partial charge in [-0.05, 0) is 23.8 Å². The number of aromatic nitrogens is 5. The van der Waals surface area contributed by atoms with Crippen LogP contribution in [0.2, 0.25) is 0 Å². The van der Waals surface area contributed by atoms with E-state index in [1.165, 1.54) is 22.1 Å². The lowest BCUT2D eigenvalue weighted by molar-refractivity contribution is 0.102. The maximum absolute atomic E-state index is 14.2. The summed E-state index contributed by atoms with van der Waals surface area (Å²) in [6.07, 6.45) is 1.62. The van der Waals surface area contributed by atoms with Crippen molar-refractivity contribution in [2.24, 2.45) is 0 Å². The SMILES string of the molecule is CC(c1ccccc1)c1nnc(NC(=O)c2nn(Cc3ccccc3F)c3ncccc23)s1. The summed E-state index contributed by atoms with van der Waals surface area (Å²) in [5.41, 5.74) is 2.28. The van der Waals surface area contributed by atoms with Gasteiger partial charge in [-0.1, -0.05) is 66.8 Å². The molecule has 164 valence electrons. The van der Waals surface area contributed by atoms with E-state index < -0.39 is 5.91 Å². The number of carbonyl (C=O) groups excluding carboxylic acids is 1. The zero-order valence-corrected chi connectivity index (χ0v) is 18.5. The number of fused-ring (bicyclic) bond motifs is 1. The molecule has 0 bridgehead atoms. The number of nitrogens with one attached hydrogen (secondary N) is 1. The fourth-order valence-electron chi connectivity index (χ4n) is 3.58. The summed E-state index contributed by atoms with van der Waals surface area (Å²) >= 11 is 1.32. The lowest BCUT2D eigenvalue weighted by Gasteiger charge is -2.06. The van der Waals surface area contributed by atoms with E-state index >= 15 is 0 Å². The number of halogens is 1. The Bertz CT molecular complexity index is 1430. The number of benzene rings is 2. The number of pyridine rings is 1. The minimum atomic E-state index is -0.421. The van der Waals surface area contributed by atoms with Gasteiger partial charge in [0.25, 0.3) is 5.91 Å². The molecule has 7 nitrogen and oxygen atoms in total. The molecule has 0 fully saturated rings. The summed E-state index contributed by atoms with van der Waals surface area (Å²) in [5, 5.41) is 17.4. The topological polar surface area (TPSA) is 85.6 Å². The molecule has 0 aliphatic rings. The zero-order chi connectivity index (χ0) is 22.8. The number of hydrogen-bond acceptors (Lipinski definition) is 6. The van der Waals surface area contributed by atoms with E-state index in [2.05, 4.69) is 25.6 Å². The molecule has 9 heteroatoms. The van der Waals surface area contributed by atoms with Crippen LogP contribution in [0.15, 0.2) is 72.9 Å². The van der Waals surface area contributed by atoms with E-state index in [4.69, 9.17) is 0 Å². The van der Waals surface area contributed by atoms with Gasteiger partial charge in [-0.15, -0.1) is 10.2 Å². The molecule has 3 aromatic heterocycles. The van der Waals surface area contributed by atoms with Gasteiger partial charge in [0.05, 0.1) is 11.9 Å². The smallest absolute Gasteiger partial charge is 0.278 e. The van der Waals surface area contributed by atoms with Crippen LogP contribution in [0.25, 0.3) is 11.0 Å². The second-order valence-corrected chi connectivity index (χ2v) is 8.51. The molecular weight excluding hydrogens is 439 g/mol. The molecule has 1 atom stereocenters. The van der Waals surface area contributed by atoms with Crippen LogP contribution in [0.1, 0.15) is 39.5 Å². The summed E-state index contributed by atoms with van der Waals surface area (Å²) in [6, 6.07) is 20.0. The second kappa shape index (κ2) is 8.87. The molecule has 0 saturated carbocycles. The minimum Gasteiger partial charge on any atom is -0.295 e. The molecule has 0 aliphatic carbocycles. The van der Waals surface area contributed by atoms with Crippen molar-refractivity contribution in [3.63, 3.8) is 0 Å². The first kappa shape index (κ1) is 20.9. The second-order valence-electron chi connectivity index (χ2n) is 7.50. The highest BCUT2D eigenvalue weighted by molar-refractivity contribution is 7.15. The van der Waals surface area contributed by atoms with Crippen molar-refractivity contribution >= 4 is 33.4 Å². The van der Waals surface area contributed by atoms with Crippen LogP contribution >= 0.6 is 11.3 Å². The van der Waals surface area contributed by atoms with E-state index in [-0.39, 0.29) is 24.0 Å². The molecule has 1 unspecified atom stereocenters. The first-order valence-corrected chi connectivity index (χ1v) is 11.2. The van der Waals surface area contributed by atoms with Gasteiger partial charge >= 0.3 is 0 Å². The van der Waals surface area contributed by atoms with Gasteiger partial charge in [0.2, 0.25) is 5.13 Å². The number of amides is 1. The van der Waals surface area contributed by atoms with Crippen LogP contribution < -0.4 is 5.32 Å². The first-order valence-electron chi connectivity index (χ1n) is 10.3. The summed E-state index contributed by atoms with van der Waals surface area (Å²) < 4.78 is 15.7. The third kappa shape index (κ3) is 4.22. The lowest BCUT2D eigenvalue weighted by Crippen LogP contribution is -2.14. The largest absolute Gasteiger partial charge is 0.295 e. The van der Waals surface area contributed by atoms with Gasteiger partial charge in [0, 0.05) is 17.7 Å². The van der Waals surface area contributed by atoms with Crippen LogP contribution in [0, 0.1) is 5.82 Å². The number of nitrogens with zero attached hydrogens (tertiary/aromatic N) is 5. The molecule has 0 saturated heterocycles. The predicted molar refractivity (Wildman–Crippen MR) is 125 cm³/mol. The van der Waals surface area contributed by atoms with Gasteiger partial charge in [-0.3, -0.25) is 10.1 Å². The summed E-state index contributed by atoms with van der Waals surface area (Å²) in [6.45, 7) is 2.20. The Labute approximate surface area is 192 Å². The third-order valence-corrected chi connectivity index (χ3v) is 6.35. The van der Waals surface area contributed by atoms with Crippen molar-refractivity contribution in [2.75, 3.05) is 5.32 Å². The Balaban J connectivity index is 1.40. The van der Waals surface area contributed by atoms with Gasteiger partial charge in [-0.2, -0.15) is 5.10 Å². The Hall–Kier alpha value is -3.98. The minimum absolute atomic E-state index is 0.0550. The fraction of sp³-hybridized carbons (Fsp3) is 0.125. The molecule has 1 N–H and O–H groups in total. The Morgan fingerprint density at radius 3 is 2.67 bits per heavy atom. The van der Waals surface area contributed by atoms with E-state index in [0.29, 0.717) is 21.7 Å². The molecule has 1 amide bonds. The summed E-state index contributed by atoms with van der Waals surface area (Å²) in [4.78, 5) is 17.4. The van der Waals surface area contributed by atoms with Crippen molar-refractivity contribution < 1.29 is 9.18 Å². The molecule has 0 spiro atoms. The normalized spacial score (nSPS) is 12.1. The molecule has 5 rings (SSSR count). The highest BCUT2D eigenvalue weighted by atomic mass is 32.1. The Kier molecular flexibility index (Phi) is 5.62. The first-order chi connectivity index (χ1) is 16.1. The average molecular weight is 459 g/mol. The number of carbonyl (C=O) groups is 1. The van der Waals surface area contributed by atoms with Crippen molar-refractivity contribution in [2.45, 2.75) is 19.4 Å². The van der Waals surface area contributed by atoms with Gasteiger partial charge in [0.1, 0.15) is 10.8 Å². The fourth-order valence-corrected chi connectivity index (χ4v) is 4.39. The number of anilines is 1. The van der Waals surface area contributed by atoms with Gasteiger partial charge < -0.3 is 0 Å². The maximum atomic E-state index is 14.2. The van der Waals surface area contributed by atoms with Crippen molar-refractivity contribution in [3.05, 3.63) is 101 Å². The molecular formula is C24H19FN6OS. The maximum Gasteiger partial charge on any atom is 0.278 e. The molecule has 33 heavy (non-hydrogen) atoms. The highest BCUT2D eigenvalue weighted by Gasteiger charge is 2.21. The van der Waals surface area contributed by atoms with Crippen LogP contribution in [0.3, 0.4) is 0 Å². The van der Waals surface area contributed by atoms with Crippen LogP contribution in [-0.4, -0.2) is 30.9 Å². The predicted octanol–water partition coefficient (Wildman–Crippen LogP) is 4.87. The van der Waals surface area contributed by atoms with Gasteiger partial charge in [0.15, 0.2) is 11.3 Å². The molecule has 5 aromatic rings. The summed E-state index contributed by atoms with van der Waals surface area (Å²) in [5.74, 6) is -0.702. The van der Waals surface area contributed by atoms with Crippen LogP contribution in [-0.2, 0) is 6.54 Å². The molecule has 3 heterocycles. The molecule has 0 aliphatic heterocycles. The Morgan fingerprint density at radius 1 is 1.06 bits per heavy atom. The quantitative estimate of drug-likeness (QED) is 0.392. The third-order valence-electron chi connectivity index (χ3n) is 5.33. The van der Waals surface area contributed by atoms with E-state index in [0.717, 1.165) is 10.6 Å². The monoisotopic (exact) mass is 458 g/mol. The average Bonchev–Trinajstić information content (AvgIpc) is 3.46. The van der Waals surface area contributed by atoms with Crippen molar-refractivity contribution in [3.8, 4) is 0 Å². The Morgan fingerprint density at radius 2 is 1.85 bits per heavy atom. The van der Waals surface area contributed by atoms with Crippen LogP contribution in [0.4, 0.5) is 9.52 Å². The van der Waals surface area contributed by atoms with Crippen LogP contribution in [0.5, 0.6) is 0 Å². The van der Waals surface area contributed by atoms with Crippen molar-refractivity contribution in [1.29, 1.82) is 0 Å². The van der Waals surface area contributed by atoms with E-state index in [9.17, 15) is 9.18 Å². The van der Waals surface area contributed by atoms with E-state index in [1.807, 2.05) is 37.3 Å². The molecule has 2 aromatic carbocycles. The standard InChI is InChI=1S/C24H19FN6OS/c1-15(16-8-3-2-4-9-16)23-28-29-24(33-23)27-22(32)20-18-11-7-13-26-21(18)31(30-20)14-17-10-5-6-12-19(17)25/h2-13,15H,14H2,1H3,(H,27,29,32). The van der Waals surface area contributed by atoms with E-state index in [1.54, 1.807) is 36.5 Å². The number of rotatable bonds is 6. The highest BCUT2D eigenvalue weighted by Crippen LogP contribution is 2.29. The molecule has 0 radical (unpaired) electrons. The lowest BCUT2D eigenvalue weighted by atomic mass is 10.0. The van der Waals surface area contributed by atoms with Crippen molar-refractivity contribution in [1.82, 2.24) is 25.0 Å². The summed E-state index contributed by atoms with van der Waals surface area (Å²) in [7, 11) is 0. The number of hydrogen-bond donors (Lipinski definition) is 1.